The highest BCUT2D eigenvalue weighted by atomic mass is 16.4. The van der Waals surface area contributed by atoms with Crippen molar-refractivity contribution in [3.8, 4) is 0 Å². The number of hydrogen-bond acceptors (Lipinski definition) is 5. The molecule has 22 heavy (non-hydrogen) atoms. The highest BCUT2D eigenvalue weighted by Gasteiger charge is 2.30. The number of aliphatic imine (C=N–C) groups is 1. The summed E-state index contributed by atoms with van der Waals surface area (Å²) in [7, 11) is 2.02. The number of carboxylic acids is 1. The van der Waals surface area contributed by atoms with Gasteiger partial charge in [0.05, 0.1) is 11.4 Å². The second-order valence-corrected chi connectivity index (χ2v) is 6.43. The van der Waals surface area contributed by atoms with E-state index in [-0.39, 0.29) is 12.1 Å². The van der Waals surface area contributed by atoms with Gasteiger partial charge < -0.3 is 10.0 Å². The molecule has 1 N–H and O–H groups in total. The molecule has 6 nitrogen and oxygen atoms in total. The molecule has 118 valence electrons. The van der Waals surface area contributed by atoms with E-state index in [4.69, 9.17) is 15.1 Å². The van der Waals surface area contributed by atoms with Gasteiger partial charge in [0.2, 0.25) is 0 Å². The van der Waals surface area contributed by atoms with Crippen LogP contribution in [0.15, 0.2) is 4.99 Å². The summed E-state index contributed by atoms with van der Waals surface area (Å²) in [5.74, 6) is 0.821. The van der Waals surface area contributed by atoms with Gasteiger partial charge in [-0.15, -0.1) is 0 Å². The van der Waals surface area contributed by atoms with Crippen LogP contribution in [0, 0.1) is 0 Å². The summed E-state index contributed by atoms with van der Waals surface area (Å²) in [5, 5.41) is 9.14. The molecule has 0 radical (unpaired) electrons. The molecule has 1 saturated carbocycles. The number of rotatable bonds is 4. The first-order chi connectivity index (χ1) is 10.5. The third-order valence-electron chi connectivity index (χ3n) is 4.63. The molecule has 0 spiro atoms. The highest BCUT2D eigenvalue weighted by molar-refractivity contribution is 6.37. The lowest BCUT2D eigenvalue weighted by molar-refractivity contribution is -0.129. The summed E-state index contributed by atoms with van der Waals surface area (Å²) in [6.45, 7) is 4.24. The van der Waals surface area contributed by atoms with Gasteiger partial charge in [-0.1, -0.05) is 12.8 Å². The summed E-state index contributed by atoms with van der Waals surface area (Å²) < 4.78 is 0. The number of fused-ring (bicyclic) bond motifs is 1. The van der Waals surface area contributed by atoms with E-state index in [1.54, 1.807) is 0 Å². The zero-order chi connectivity index (χ0) is 15.9. The largest absolute Gasteiger partial charge is 0.477 e. The molecular weight excluding hydrogens is 280 g/mol. The molecule has 6 heteroatoms. The van der Waals surface area contributed by atoms with Gasteiger partial charge in [0, 0.05) is 25.4 Å². The van der Waals surface area contributed by atoms with Crippen LogP contribution < -0.4 is 4.90 Å². The SMILES string of the molecule is CC(C)N(C)c1nc2c(nc1C1CCCC1)N=C(C(=O)O)C2. The maximum Gasteiger partial charge on any atom is 0.350 e. The minimum Gasteiger partial charge on any atom is -0.477 e. The summed E-state index contributed by atoms with van der Waals surface area (Å²) in [5.41, 5.74) is 1.81. The van der Waals surface area contributed by atoms with Crippen LogP contribution in [0.5, 0.6) is 0 Å². The first-order valence-electron chi connectivity index (χ1n) is 7.92. The summed E-state index contributed by atoms with van der Waals surface area (Å²) >= 11 is 0. The molecule has 1 aromatic rings. The van der Waals surface area contributed by atoms with E-state index < -0.39 is 5.97 Å². The molecular formula is C16H22N4O2. The lowest BCUT2D eigenvalue weighted by Crippen LogP contribution is -2.29. The Labute approximate surface area is 130 Å². The predicted molar refractivity (Wildman–Crippen MR) is 85.2 cm³/mol. The fraction of sp³-hybridized carbons (Fsp3) is 0.625. The van der Waals surface area contributed by atoms with E-state index in [2.05, 4.69) is 23.7 Å². The molecule has 0 saturated heterocycles. The maximum atomic E-state index is 11.1. The number of aliphatic carboxylic acids is 1. The van der Waals surface area contributed by atoms with E-state index in [9.17, 15) is 4.79 Å². The van der Waals surface area contributed by atoms with Crippen LogP contribution >= 0.6 is 0 Å². The number of carbonyl (C=O) groups is 1. The van der Waals surface area contributed by atoms with E-state index in [1.165, 1.54) is 12.8 Å². The van der Waals surface area contributed by atoms with Crippen molar-refractivity contribution in [1.29, 1.82) is 0 Å². The lowest BCUT2D eigenvalue weighted by atomic mass is 10.0. The Bertz CT molecular complexity index is 633. The number of aromatic nitrogens is 2. The number of hydrogen-bond donors (Lipinski definition) is 1. The second kappa shape index (κ2) is 5.66. The lowest BCUT2D eigenvalue weighted by Gasteiger charge is -2.26. The van der Waals surface area contributed by atoms with Crippen LogP contribution in [0.25, 0.3) is 0 Å². The van der Waals surface area contributed by atoms with E-state index >= 15 is 0 Å². The molecule has 0 amide bonds. The van der Waals surface area contributed by atoms with E-state index in [1.807, 2.05) is 7.05 Å². The summed E-state index contributed by atoms with van der Waals surface area (Å²) in [4.78, 5) is 26.9. The predicted octanol–water partition coefficient (Wildman–Crippen LogP) is 2.69. The van der Waals surface area contributed by atoms with Crippen molar-refractivity contribution in [3.05, 3.63) is 11.4 Å². The number of nitrogens with zero attached hydrogens (tertiary/aromatic N) is 4. The molecule has 0 atom stereocenters. The molecule has 0 unspecified atom stereocenters. The first-order valence-corrected chi connectivity index (χ1v) is 7.92. The van der Waals surface area contributed by atoms with Crippen molar-refractivity contribution in [3.63, 3.8) is 0 Å². The van der Waals surface area contributed by atoms with E-state index in [0.29, 0.717) is 23.5 Å². The van der Waals surface area contributed by atoms with E-state index in [0.717, 1.165) is 24.4 Å². The molecule has 1 aliphatic carbocycles. The van der Waals surface area contributed by atoms with Gasteiger partial charge in [0.15, 0.2) is 11.6 Å². The molecule has 3 rings (SSSR count). The number of carboxylic acid groups (broad SMARTS) is 1. The monoisotopic (exact) mass is 302 g/mol. The normalized spacial score (nSPS) is 17.7. The van der Waals surface area contributed by atoms with Crippen molar-refractivity contribution in [2.24, 2.45) is 4.99 Å². The standard InChI is InChI=1S/C16H22N4O2/c1-9(2)20(3)15-13(10-6-4-5-7-10)19-14-11(18-15)8-12(17-14)16(21)22/h9-10H,4-8H2,1-3H3,(H,21,22). The minimum atomic E-state index is -0.985. The Balaban J connectivity index is 2.05. The van der Waals surface area contributed by atoms with Gasteiger partial charge in [-0.25, -0.2) is 19.8 Å². The fourth-order valence-corrected chi connectivity index (χ4v) is 3.10. The van der Waals surface area contributed by atoms with Crippen molar-refractivity contribution in [2.75, 3.05) is 11.9 Å². The Hall–Kier alpha value is -1.98. The Morgan fingerprint density at radius 3 is 2.55 bits per heavy atom. The third kappa shape index (κ3) is 2.58. The van der Waals surface area contributed by atoms with Crippen molar-refractivity contribution < 1.29 is 9.90 Å². The highest BCUT2D eigenvalue weighted by Crippen LogP contribution is 2.39. The zero-order valence-electron chi connectivity index (χ0n) is 13.3. The van der Waals surface area contributed by atoms with Gasteiger partial charge in [-0.3, -0.25) is 0 Å². The Morgan fingerprint density at radius 1 is 1.27 bits per heavy atom. The molecule has 2 aliphatic rings. The quantitative estimate of drug-likeness (QED) is 0.925. The van der Waals surface area contributed by atoms with Crippen LogP contribution in [0.3, 0.4) is 0 Å². The van der Waals surface area contributed by atoms with Crippen LogP contribution in [0.4, 0.5) is 11.6 Å². The summed E-state index contributed by atoms with van der Waals surface area (Å²) in [6, 6.07) is 0.314. The van der Waals surface area contributed by atoms with Crippen molar-refractivity contribution in [2.45, 2.75) is 57.9 Å². The molecule has 0 aromatic carbocycles. The third-order valence-corrected chi connectivity index (χ3v) is 4.63. The molecule has 1 fully saturated rings. The minimum absolute atomic E-state index is 0.136. The Morgan fingerprint density at radius 2 is 1.95 bits per heavy atom. The van der Waals surface area contributed by atoms with Crippen LogP contribution in [-0.4, -0.2) is 39.8 Å². The van der Waals surface area contributed by atoms with Crippen molar-refractivity contribution >= 4 is 23.3 Å². The molecule has 1 aliphatic heterocycles. The average Bonchev–Trinajstić information content (AvgIpc) is 3.13. The zero-order valence-corrected chi connectivity index (χ0v) is 13.3. The molecule has 0 bridgehead atoms. The van der Waals surface area contributed by atoms with Gasteiger partial charge in [0.1, 0.15) is 5.71 Å². The van der Waals surface area contributed by atoms with Crippen molar-refractivity contribution in [1.82, 2.24) is 9.97 Å². The topological polar surface area (TPSA) is 78.7 Å². The maximum absolute atomic E-state index is 11.1. The first kappa shape index (κ1) is 14.9. The van der Waals surface area contributed by atoms with Crippen LogP contribution in [0.2, 0.25) is 0 Å². The Kier molecular flexibility index (Phi) is 3.85. The molecule has 2 heterocycles. The van der Waals surface area contributed by atoms with Gasteiger partial charge >= 0.3 is 5.97 Å². The molecule has 1 aromatic heterocycles. The summed E-state index contributed by atoms with van der Waals surface area (Å²) in [6.07, 6.45) is 4.96. The van der Waals surface area contributed by atoms with Gasteiger partial charge in [-0.2, -0.15) is 0 Å². The smallest absolute Gasteiger partial charge is 0.350 e. The second-order valence-electron chi connectivity index (χ2n) is 6.43. The van der Waals surface area contributed by atoms with Crippen LogP contribution in [0.1, 0.15) is 56.8 Å². The average molecular weight is 302 g/mol. The number of anilines is 1. The fourth-order valence-electron chi connectivity index (χ4n) is 3.10. The van der Waals surface area contributed by atoms with Gasteiger partial charge in [-0.05, 0) is 26.7 Å². The van der Waals surface area contributed by atoms with Gasteiger partial charge in [0.25, 0.3) is 0 Å². The van der Waals surface area contributed by atoms with Crippen LogP contribution in [-0.2, 0) is 11.2 Å².